The van der Waals surface area contributed by atoms with Gasteiger partial charge in [0.1, 0.15) is 0 Å². The molecule has 23 heavy (non-hydrogen) atoms. The number of aromatic nitrogens is 2. The number of aryl methyl sites for hydroxylation is 1. The highest BCUT2D eigenvalue weighted by Crippen LogP contribution is 2.13. The molecule has 4 nitrogen and oxygen atoms in total. The van der Waals surface area contributed by atoms with Gasteiger partial charge >= 0.3 is 0 Å². The Bertz CT molecular complexity index is 807. The Morgan fingerprint density at radius 3 is 2.48 bits per heavy atom. The maximum atomic E-state index is 12.2. The molecule has 1 amide bonds. The van der Waals surface area contributed by atoms with E-state index in [2.05, 4.69) is 57.5 Å². The summed E-state index contributed by atoms with van der Waals surface area (Å²) in [5.74, 6) is 0.378. The van der Waals surface area contributed by atoms with Crippen molar-refractivity contribution in [2.45, 2.75) is 13.5 Å². The van der Waals surface area contributed by atoms with Crippen LogP contribution >= 0.6 is 15.9 Å². The van der Waals surface area contributed by atoms with Gasteiger partial charge < -0.3 is 5.32 Å². The van der Waals surface area contributed by atoms with Crippen LogP contribution in [0.3, 0.4) is 0 Å². The topological polar surface area (TPSA) is 46.9 Å². The maximum absolute atomic E-state index is 12.2. The van der Waals surface area contributed by atoms with Crippen LogP contribution in [0, 0.1) is 6.92 Å². The molecule has 2 aromatic carbocycles. The number of hydrogen-bond acceptors (Lipinski definition) is 2. The quantitative estimate of drug-likeness (QED) is 0.746. The van der Waals surface area contributed by atoms with Crippen molar-refractivity contribution in [3.63, 3.8) is 0 Å². The SMILES string of the molecule is Cc1ccc(Cn2ccc(NC(=O)c3ccc(Br)cc3)n2)cc1. The molecule has 0 fully saturated rings. The van der Waals surface area contributed by atoms with Crippen molar-refractivity contribution in [1.29, 1.82) is 0 Å². The molecular formula is C18H16BrN3O. The average molecular weight is 370 g/mol. The number of carbonyl (C=O) groups is 1. The van der Waals surface area contributed by atoms with Gasteiger partial charge in [-0.05, 0) is 36.8 Å². The van der Waals surface area contributed by atoms with Crippen molar-refractivity contribution in [1.82, 2.24) is 9.78 Å². The van der Waals surface area contributed by atoms with Gasteiger partial charge in [-0.1, -0.05) is 45.8 Å². The second-order valence-corrected chi connectivity index (χ2v) is 6.26. The summed E-state index contributed by atoms with van der Waals surface area (Å²) >= 11 is 3.35. The molecule has 0 bridgehead atoms. The Labute approximate surface area is 143 Å². The molecule has 3 aromatic rings. The zero-order chi connectivity index (χ0) is 16.2. The van der Waals surface area contributed by atoms with Crippen LogP contribution in [-0.4, -0.2) is 15.7 Å². The first kappa shape index (κ1) is 15.5. The van der Waals surface area contributed by atoms with Crippen molar-refractivity contribution in [3.05, 3.63) is 82.0 Å². The highest BCUT2D eigenvalue weighted by molar-refractivity contribution is 9.10. The second kappa shape index (κ2) is 6.79. The summed E-state index contributed by atoms with van der Waals surface area (Å²) in [6.07, 6.45) is 1.86. The number of halogens is 1. The Kier molecular flexibility index (Phi) is 4.57. The number of benzene rings is 2. The van der Waals surface area contributed by atoms with E-state index in [0.29, 0.717) is 17.9 Å². The molecule has 0 unspecified atom stereocenters. The third-order valence-corrected chi connectivity index (χ3v) is 3.98. The molecule has 0 saturated heterocycles. The first-order valence-corrected chi connectivity index (χ1v) is 8.05. The Balaban J connectivity index is 1.66. The van der Waals surface area contributed by atoms with Crippen molar-refractivity contribution in [3.8, 4) is 0 Å². The standard InChI is InChI=1S/C18H16BrN3O/c1-13-2-4-14(5-3-13)12-22-11-10-17(21-22)20-18(23)15-6-8-16(19)9-7-15/h2-11H,12H2,1H3,(H,20,21,23). The average Bonchev–Trinajstić information content (AvgIpc) is 2.97. The number of anilines is 1. The van der Waals surface area contributed by atoms with Gasteiger partial charge in [0.15, 0.2) is 5.82 Å². The minimum Gasteiger partial charge on any atom is -0.305 e. The highest BCUT2D eigenvalue weighted by atomic mass is 79.9. The molecule has 1 aromatic heterocycles. The van der Waals surface area contributed by atoms with Gasteiger partial charge in [0.2, 0.25) is 0 Å². The van der Waals surface area contributed by atoms with Gasteiger partial charge in [0, 0.05) is 22.3 Å². The van der Waals surface area contributed by atoms with Crippen molar-refractivity contribution < 1.29 is 4.79 Å². The van der Waals surface area contributed by atoms with E-state index in [1.165, 1.54) is 11.1 Å². The minimum atomic E-state index is -0.168. The molecule has 0 atom stereocenters. The number of rotatable bonds is 4. The largest absolute Gasteiger partial charge is 0.305 e. The molecule has 0 aliphatic heterocycles. The van der Waals surface area contributed by atoms with Crippen LogP contribution in [0.25, 0.3) is 0 Å². The van der Waals surface area contributed by atoms with Crippen molar-refractivity contribution in [2.24, 2.45) is 0 Å². The van der Waals surface area contributed by atoms with E-state index in [0.717, 1.165) is 4.47 Å². The van der Waals surface area contributed by atoms with Gasteiger partial charge in [-0.3, -0.25) is 9.48 Å². The summed E-state index contributed by atoms with van der Waals surface area (Å²) < 4.78 is 2.75. The summed E-state index contributed by atoms with van der Waals surface area (Å²) in [4.78, 5) is 12.2. The van der Waals surface area contributed by atoms with Gasteiger partial charge in [-0.25, -0.2) is 0 Å². The van der Waals surface area contributed by atoms with Crippen molar-refractivity contribution in [2.75, 3.05) is 5.32 Å². The van der Waals surface area contributed by atoms with E-state index >= 15 is 0 Å². The lowest BCUT2D eigenvalue weighted by Gasteiger charge is -2.04. The predicted octanol–water partition coefficient (Wildman–Crippen LogP) is 4.25. The summed E-state index contributed by atoms with van der Waals surface area (Å²) in [6.45, 7) is 2.74. The van der Waals surface area contributed by atoms with E-state index < -0.39 is 0 Å². The number of nitrogens with zero attached hydrogens (tertiary/aromatic N) is 2. The van der Waals surface area contributed by atoms with Crippen LogP contribution < -0.4 is 5.32 Å². The molecule has 1 heterocycles. The highest BCUT2D eigenvalue weighted by Gasteiger charge is 2.08. The molecular weight excluding hydrogens is 354 g/mol. The Hall–Kier alpha value is -2.40. The molecule has 1 N–H and O–H groups in total. The summed E-state index contributed by atoms with van der Waals surface area (Å²) in [5, 5.41) is 7.19. The first-order valence-electron chi connectivity index (χ1n) is 7.26. The summed E-state index contributed by atoms with van der Waals surface area (Å²) in [5.41, 5.74) is 3.00. The lowest BCUT2D eigenvalue weighted by Crippen LogP contribution is -2.12. The van der Waals surface area contributed by atoms with Gasteiger partial charge in [-0.15, -0.1) is 0 Å². The van der Waals surface area contributed by atoms with Crippen molar-refractivity contribution >= 4 is 27.7 Å². The third kappa shape index (κ3) is 4.07. The fourth-order valence-electron chi connectivity index (χ4n) is 2.19. The molecule has 5 heteroatoms. The summed E-state index contributed by atoms with van der Waals surface area (Å²) in [7, 11) is 0. The molecule has 0 saturated carbocycles. The molecule has 0 spiro atoms. The zero-order valence-corrected chi connectivity index (χ0v) is 14.2. The normalized spacial score (nSPS) is 10.5. The number of nitrogens with one attached hydrogen (secondary N) is 1. The van der Waals surface area contributed by atoms with Gasteiger partial charge in [0.05, 0.1) is 6.54 Å². The Morgan fingerprint density at radius 2 is 1.78 bits per heavy atom. The van der Waals surface area contributed by atoms with Gasteiger partial charge in [0.25, 0.3) is 5.91 Å². The van der Waals surface area contributed by atoms with Crippen LogP contribution in [0.5, 0.6) is 0 Å². The smallest absolute Gasteiger partial charge is 0.256 e. The third-order valence-electron chi connectivity index (χ3n) is 3.45. The minimum absolute atomic E-state index is 0.168. The van der Waals surface area contributed by atoms with E-state index in [-0.39, 0.29) is 5.91 Å². The number of amides is 1. The predicted molar refractivity (Wildman–Crippen MR) is 94.6 cm³/mol. The van der Waals surface area contributed by atoms with Crippen LogP contribution in [0.4, 0.5) is 5.82 Å². The molecule has 116 valence electrons. The fraction of sp³-hybridized carbons (Fsp3) is 0.111. The summed E-state index contributed by atoms with van der Waals surface area (Å²) in [6, 6.07) is 17.3. The molecule has 0 aliphatic carbocycles. The van der Waals surface area contributed by atoms with Crippen LogP contribution in [0.1, 0.15) is 21.5 Å². The van der Waals surface area contributed by atoms with E-state index in [1.807, 2.05) is 23.0 Å². The second-order valence-electron chi connectivity index (χ2n) is 5.35. The monoisotopic (exact) mass is 369 g/mol. The first-order chi connectivity index (χ1) is 11.1. The Morgan fingerprint density at radius 1 is 1.09 bits per heavy atom. The number of hydrogen-bond donors (Lipinski definition) is 1. The lowest BCUT2D eigenvalue weighted by molar-refractivity contribution is 0.102. The van der Waals surface area contributed by atoms with E-state index in [1.54, 1.807) is 18.2 Å². The van der Waals surface area contributed by atoms with Crippen LogP contribution in [0.2, 0.25) is 0 Å². The van der Waals surface area contributed by atoms with Crippen LogP contribution in [-0.2, 0) is 6.54 Å². The van der Waals surface area contributed by atoms with E-state index in [4.69, 9.17) is 0 Å². The molecule has 3 rings (SSSR count). The van der Waals surface area contributed by atoms with Crippen LogP contribution in [0.15, 0.2) is 65.3 Å². The van der Waals surface area contributed by atoms with Gasteiger partial charge in [-0.2, -0.15) is 5.10 Å². The zero-order valence-electron chi connectivity index (χ0n) is 12.7. The molecule has 0 radical (unpaired) electrons. The number of carbonyl (C=O) groups excluding carboxylic acids is 1. The maximum Gasteiger partial charge on any atom is 0.256 e. The molecule has 0 aliphatic rings. The lowest BCUT2D eigenvalue weighted by atomic mass is 10.1. The van der Waals surface area contributed by atoms with E-state index in [9.17, 15) is 4.79 Å². The fourth-order valence-corrected chi connectivity index (χ4v) is 2.45.